The van der Waals surface area contributed by atoms with Gasteiger partial charge in [-0.15, -0.1) is 0 Å². The van der Waals surface area contributed by atoms with Crippen LogP contribution in [0, 0.1) is 0 Å². The summed E-state index contributed by atoms with van der Waals surface area (Å²) in [5.41, 5.74) is 1.92. The van der Waals surface area contributed by atoms with Gasteiger partial charge < -0.3 is 15.2 Å². The van der Waals surface area contributed by atoms with Crippen molar-refractivity contribution in [1.82, 2.24) is 0 Å². The Labute approximate surface area is 167 Å². The van der Waals surface area contributed by atoms with E-state index in [1.165, 1.54) is 18.2 Å². The molecule has 0 bridgehead atoms. The first-order valence-corrected chi connectivity index (χ1v) is 8.96. The smallest absolute Gasteiger partial charge is 0.337 e. The molecule has 6 heteroatoms. The van der Waals surface area contributed by atoms with Crippen LogP contribution in [-0.4, -0.2) is 23.6 Å². The van der Waals surface area contributed by atoms with E-state index >= 15 is 0 Å². The normalized spacial score (nSPS) is 10.6. The SMILES string of the molecule is O=C(COC(c1ccccc1)c1ccccc1)Nc1ccc(Cl)cc1C(=O)O. The highest BCUT2D eigenvalue weighted by Gasteiger charge is 2.18. The van der Waals surface area contributed by atoms with Crippen LogP contribution in [-0.2, 0) is 9.53 Å². The molecule has 0 saturated heterocycles. The summed E-state index contributed by atoms with van der Waals surface area (Å²) in [5, 5.41) is 12.1. The van der Waals surface area contributed by atoms with Crippen LogP contribution in [0.15, 0.2) is 78.9 Å². The highest BCUT2D eigenvalue weighted by Crippen LogP contribution is 2.26. The van der Waals surface area contributed by atoms with Gasteiger partial charge in [0.25, 0.3) is 0 Å². The molecule has 0 aliphatic heterocycles. The molecule has 142 valence electrons. The fourth-order valence-electron chi connectivity index (χ4n) is 2.79. The Morgan fingerprint density at radius 1 is 0.929 bits per heavy atom. The molecule has 1 amide bonds. The molecule has 3 aromatic carbocycles. The van der Waals surface area contributed by atoms with Gasteiger partial charge in [0, 0.05) is 5.02 Å². The Morgan fingerprint density at radius 3 is 2.04 bits per heavy atom. The van der Waals surface area contributed by atoms with Crippen molar-refractivity contribution < 1.29 is 19.4 Å². The number of hydrogen-bond acceptors (Lipinski definition) is 3. The summed E-state index contributed by atoms with van der Waals surface area (Å²) in [6, 6.07) is 23.4. The van der Waals surface area contributed by atoms with Crippen molar-refractivity contribution in [1.29, 1.82) is 0 Å². The van der Waals surface area contributed by atoms with Crippen molar-refractivity contribution in [3.63, 3.8) is 0 Å². The number of carbonyl (C=O) groups is 2. The lowest BCUT2D eigenvalue weighted by atomic mass is 10.0. The van der Waals surface area contributed by atoms with E-state index < -0.39 is 18.0 Å². The molecule has 2 N–H and O–H groups in total. The van der Waals surface area contributed by atoms with Crippen LogP contribution in [0.5, 0.6) is 0 Å². The minimum Gasteiger partial charge on any atom is -0.478 e. The predicted octanol–water partition coefficient (Wildman–Crippen LogP) is 4.78. The van der Waals surface area contributed by atoms with Gasteiger partial charge in [0.1, 0.15) is 12.7 Å². The predicted molar refractivity (Wildman–Crippen MR) is 108 cm³/mol. The van der Waals surface area contributed by atoms with E-state index in [1.807, 2.05) is 60.7 Å². The number of aromatic carboxylic acids is 1. The third-order valence-electron chi connectivity index (χ3n) is 4.07. The van der Waals surface area contributed by atoms with Crippen molar-refractivity contribution in [2.75, 3.05) is 11.9 Å². The van der Waals surface area contributed by atoms with E-state index in [4.69, 9.17) is 16.3 Å². The number of carboxylic acids is 1. The molecular weight excluding hydrogens is 378 g/mol. The molecule has 0 unspecified atom stereocenters. The number of ether oxygens (including phenoxy) is 1. The van der Waals surface area contributed by atoms with Crippen LogP contribution in [0.4, 0.5) is 5.69 Å². The topological polar surface area (TPSA) is 75.6 Å². The first kappa shape index (κ1) is 19.6. The Balaban J connectivity index is 1.74. The summed E-state index contributed by atoms with van der Waals surface area (Å²) in [6.07, 6.45) is -0.419. The number of nitrogens with one attached hydrogen (secondary N) is 1. The average molecular weight is 396 g/mol. The van der Waals surface area contributed by atoms with Gasteiger partial charge in [0.2, 0.25) is 5.91 Å². The zero-order chi connectivity index (χ0) is 19.9. The van der Waals surface area contributed by atoms with Gasteiger partial charge in [-0.3, -0.25) is 4.79 Å². The lowest BCUT2D eigenvalue weighted by Crippen LogP contribution is -2.22. The number of hydrogen-bond donors (Lipinski definition) is 2. The molecule has 3 aromatic rings. The first-order valence-electron chi connectivity index (χ1n) is 8.59. The summed E-state index contributed by atoms with van der Waals surface area (Å²) >= 11 is 5.84. The highest BCUT2D eigenvalue weighted by molar-refractivity contribution is 6.31. The average Bonchev–Trinajstić information content (AvgIpc) is 2.71. The molecule has 5 nitrogen and oxygen atoms in total. The lowest BCUT2D eigenvalue weighted by Gasteiger charge is -2.19. The number of amides is 1. The number of benzene rings is 3. The minimum atomic E-state index is -1.18. The van der Waals surface area contributed by atoms with Gasteiger partial charge in [0.15, 0.2) is 0 Å². The third-order valence-corrected chi connectivity index (χ3v) is 4.31. The molecule has 0 saturated carbocycles. The van der Waals surface area contributed by atoms with Crippen LogP contribution >= 0.6 is 11.6 Å². The Kier molecular flexibility index (Phi) is 6.42. The maximum atomic E-state index is 12.4. The highest BCUT2D eigenvalue weighted by atomic mass is 35.5. The van der Waals surface area contributed by atoms with Crippen LogP contribution < -0.4 is 5.32 Å². The molecule has 0 aliphatic rings. The fraction of sp³-hybridized carbons (Fsp3) is 0.0909. The molecule has 3 rings (SSSR count). The van der Waals surface area contributed by atoms with Gasteiger partial charge in [-0.25, -0.2) is 4.79 Å². The molecule has 0 spiro atoms. The van der Waals surface area contributed by atoms with Crippen molar-refractivity contribution in [2.24, 2.45) is 0 Å². The first-order chi connectivity index (χ1) is 13.5. The molecular formula is C22H18ClNO4. The van der Waals surface area contributed by atoms with Crippen molar-refractivity contribution in [3.05, 3.63) is 101 Å². The summed E-state index contributed by atoms with van der Waals surface area (Å²) in [4.78, 5) is 23.7. The molecule has 0 aromatic heterocycles. The van der Waals surface area contributed by atoms with E-state index in [0.717, 1.165) is 11.1 Å². The van der Waals surface area contributed by atoms with E-state index in [1.54, 1.807) is 0 Å². The minimum absolute atomic E-state index is 0.0801. The number of carbonyl (C=O) groups excluding carboxylic acids is 1. The van der Waals surface area contributed by atoms with Crippen LogP contribution in [0.1, 0.15) is 27.6 Å². The number of rotatable bonds is 7. The molecule has 0 heterocycles. The fourth-order valence-corrected chi connectivity index (χ4v) is 2.96. The second kappa shape index (κ2) is 9.17. The van der Waals surface area contributed by atoms with E-state index in [2.05, 4.69) is 5.32 Å². The van der Waals surface area contributed by atoms with Crippen molar-refractivity contribution in [2.45, 2.75) is 6.10 Å². The summed E-state index contributed by atoms with van der Waals surface area (Å²) in [5.74, 6) is -1.63. The molecule has 0 aliphatic carbocycles. The van der Waals surface area contributed by atoms with Gasteiger partial charge in [-0.05, 0) is 29.3 Å². The van der Waals surface area contributed by atoms with Crippen LogP contribution in [0.2, 0.25) is 5.02 Å². The zero-order valence-electron chi connectivity index (χ0n) is 14.8. The Hall–Kier alpha value is -3.15. The molecule has 0 atom stereocenters. The summed E-state index contributed by atoms with van der Waals surface area (Å²) < 4.78 is 5.89. The van der Waals surface area contributed by atoms with Gasteiger partial charge in [0.05, 0.1) is 11.3 Å². The second-order valence-electron chi connectivity index (χ2n) is 6.06. The van der Waals surface area contributed by atoms with Crippen molar-refractivity contribution in [3.8, 4) is 0 Å². The van der Waals surface area contributed by atoms with Crippen LogP contribution in [0.25, 0.3) is 0 Å². The quantitative estimate of drug-likeness (QED) is 0.603. The maximum absolute atomic E-state index is 12.4. The number of halogens is 1. The monoisotopic (exact) mass is 395 g/mol. The standard InChI is InChI=1S/C22H18ClNO4/c23-17-11-12-19(18(13-17)22(26)27)24-20(25)14-28-21(15-7-3-1-4-8-15)16-9-5-2-6-10-16/h1-13,21H,14H2,(H,24,25)(H,26,27). The lowest BCUT2D eigenvalue weighted by molar-refractivity contribution is -0.121. The molecule has 0 fully saturated rings. The molecule has 28 heavy (non-hydrogen) atoms. The summed E-state index contributed by atoms with van der Waals surface area (Å²) in [7, 11) is 0. The van der Waals surface area contributed by atoms with Crippen molar-refractivity contribution >= 4 is 29.2 Å². The maximum Gasteiger partial charge on any atom is 0.337 e. The summed E-state index contributed by atoms with van der Waals surface area (Å²) in [6.45, 7) is -0.240. The van der Waals surface area contributed by atoms with Gasteiger partial charge in [-0.1, -0.05) is 72.3 Å². The van der Waals surface area contributed by atoms with E-state index in [-0.39, 0.29) is 22.9 Å². The Bertz CT molecular complexity index is 921. The van der Waals surface area contributed by atoms with Crippen LogP contribution in [0.3, 0.4) is 0 Å². The molecule has 0 radical (unpaired) electrons. The largest absolute Gasteiger partial charge is 0.478 e. The van der Waals surface area contributed by atoms with Gasteiger partial charge in [-0.2, -0.15) is 0 Å². The second-order valence-corrected chi connectivity index (χ2v) is 6.49. The Morgan fingerprint density at radius 2 is 1.50 bits per heavy atom. The number of anilines is 1. The van der Waals surface area contributed by atoms with E-state index in [9.17, 15) is 14.7 Å². The van der Waals surface area contributed by atoms with E-state index in [0.29, 0.717) is 0 Å². The zero-order valence-corrected chi connectivity index (χ0v) is 15.6. The number of carboxylic acid groups (broad SMARTS) is 1. The van der Waals surface area contributed by atoms with Gasteiger partial charge >= 0.3 is 5.97 Å². The third kappa shape index (κ3) is 4.97.